The number of rotatable bonds is 9. The van der Waals surface area contributed by atoms with Gasteiger partial charge in [-0.05, 0) is 62.2 Å². The molecule has 0 unspecified atom stereocenters. The van der Waals surface area contributed by atoms with Gasteiger partial charge in [0.15, 0.2) is 0 Å². The lowest BCUT2D eigenvalue weighted by atomic mass is 9.91. The average Bonchev–Trinajstić information content (AvgIpc) is 3.20. The van der Waals surface area contributed by atoms with Gasteiger partial charge in [0.05, 0.1) is 23.6 Å². The highest BCUT2D eigenvalue weighted by atomic mass is 15.2. The number of nitrogens with one attached hydrogen (secondary N) is 1. The Kier molecular flexibility index (Phi) is 7.41. The SMILES string of the molecule is CCN(CC)CC(C)(C)CN1CCC[C@H]1c1cccc(Nc2ccc(C#N)nc2)n1. The van der Waals surface area contributed by atoms with E-state index in [0.29, 0.717) is 11.7 Å². The number of hydrogen-bond donors (Lipinski definition) is 1. The number of anilines is 2. The molecule has 0 spiro atoms. The molecule has 0 amide bonds. The summed E-state index contributed by atoms with van der Waals surface area (Å²) >= 11 is 0. The average molecular weight is 407 g/mol. The fourth-order valence-electron chi connectivity index (χ4n) is 4.39. The maximum atomic E-state index is 8.91. The summed E-state index contributed by atoms with van der Waals surface area (Å²) in [5, 5.41) is 12.2. The Morgan fingerprint density at radius 3 is 2.70 bits per heavy atom. The van der Waals surface area contributed by atoms with Crippen LogP contribution in [-0.2, 0) is 0 Å². The standard InChI is InChI=1S/C24H34N6/c1-5-29(6-2)17-24(3,4)18-30-14-8-10-22(30)21-9-7-11-23(28-21)27-20-13-12-19(15-25)26-16-20/h7,9,11-13,16,22H,5-6,8,10,14,17-18H2,1-4H3,(H,27,28)/t22-/m0/s1. The molecule has 1 fully saturated rings. The molecule has 1 N–H and O–H groups in total. The Balaban J connectivity index is 1.69. The van der Waals surface area contributed by atoms with Gasteiger partial charge in [0.25, 0.3) is 0 Å². The molecule has 6 nitrogen and oxygen atoms in total. The molecule has 6 heteroatoms. The van der Waals surface area contributed by atoms with Gasteiger partial charge >= 0.3 is 0 Å². The van der Waals surface area contributed by atoms with Gasteiger partial charge in [-0.25, -0.2) is 9.97 Å². The van der Waals surface area contributed by atoms with Crippen molar-refractivity contribution >= 4 is 11.5 Å². The van der Waals surface area contributed by atoms with E-state index < -0.39 is 0 Å². The van der Waals surface area contributed by atoms with Gasteiger partial charge in [-0.2, -0.15) is 5.26 Å². The van der Waals surface area contributed by atoms with Gasteiger partial charge in [-0.3, -0.25) is 4.90 Å². The maximum Gasteiger partial charge on any atom is 0.140 e. The number of nitrogens with zero attached hydrogens (tertiary/aromatic N) is 5. The van der Waals surface area contributed by atoms with Crippen molar-refractivity contribution in [2.24, 2.45) is 5.41 Å². The summed E-state index contributed by atoms with van der Waals surface area (Å²) in [6, 6.07) is 12.2. The molecule has 1 saturated heterocycles. The van der Waals surface area contributed by atoms with Crippen LogP contribution in [0.1, 0.15) is 58.0 Å². The van der Waals surface area contributed by atoms with Crippen LogP contribution >= 0.6 is 0 Å². The van der Waals surface area contributed by atoms with E-state index >= 15 is 0 Å². The zero-order valence-corrected chi connectivity index (χ0v) is 18.7. The number of aromatic nitrogens is 2. The van der Waals surface area contributed by atoms with Crippen molar-refractivity contribution in [3.8, 4) is 6.07 Å². The van der Waals surface area contributed by atoms with Crippen LogP contribution in [0.3, 0.4) is 0 Å². The number of likely N-dealkylation sites (tertiary alicyclic amines) is 1. The fourth-order valence-corrected chi connectivity index (χ4v) is 4.39. The van der Waals surface area contributed by atoms with Gasteiger partial charge in [-0.1, -0.05) is 33.8 Å². The largest absolute Gasteiger partial charge is 0.339 e. The molecule has 0 radical (unpaired) electrons. The first-order valence-electron chi connectivity index (χ1n) is 11.0. The lowest BCUT2D eigenvalue weighted by molar-refractivity contribution is 0.117. The van der Waals surface area contributed by atoms with E-state index in [9.17, 15) is 0 Å². The highest BCUT2D eigenvalue weighted by molar-refractivity contribution is 5.55. The van der Waals surface area contributed by atoms with Crippen molar-refractivity contribution in [1.82, 2.24) is 19.8 Å². The van der Waals surface area contributed by atoms with Gasteiger partial charge in [0, 0.05) is 13.1 Å². The van der Waals surface area contributed by atoms with Crippen LogP contribution < -0.4 is 5.32 Å². The Morgan fingerprint density at radius 2 is 2.03 bits per heavy atom. The summed E-state index contributed by atoms with van der Waals surface area (Å²) in [7, 11) is 0. The van der Waals surface area contributed by atoms with Crippen molar-refractivity contribution in [2.45, 2.75) is 46.6 Å². The molecule has 0 aliphatic carbocycles. The number of hydrogen-bond acceptors (Lipinski definition) is 6. The van der Waals surface area contributed by atoms with Crippen molar-refractivity contribution in [3.05, 3.63) is 47.9 Å². The Bertz CT molecular complexity index is 851. The van der Waals surface area contributed by atoms with Gasteiger partial charge in [0.2, 0.25) is 0 Å². The van der Waals surface area contributed by atoms with Gasteiger partial charge < -0.3 is 10.2 Å². The Labute approximate surface area is 180 Å². The minimum atomic E-state index is 0.235. The zero-order chi connectivity index (χ0) is 21.6. The fraction of sp³-hybridized carbons (Fsp3) is 0.542. The van der Waals surface area contributed by atoms with Gasteiger partial charge in [0.1, 0.15) is 17.6 Å². The number of pyridine rings is 2. The summed E-state index contributed by atoms with van der Waals surface area (Å²) in [5.41, 5.74) is 2.61. The zero-order valence-electron chi connectivity index (χ0n) is 18.7. The van der Waals surface area contributed by atoms with Gasteiger partial charge in [-0.15, -0.1) is 0 Å². The molecule has 2 aromatic heterocycles. The topological polar surface area (TPSA) is 68.1 Å². The third-order valence-corrected chi connectivity index (χ3v) is 5.80. The first-order valence-corrected chi connectivity index (χ1v) is 11.0. The summed E-state index contributed by atoms with van der Waals surface area (Å²) in [5.74, 6) is 0.813. The molecule has 2 aromatic rings. The third-order valence-electron chi connectivity index (χ3n) is 5.80. The molecule has 1 atom stereocenters. The quantitative estimate of drug-likeness (QED) is 0.656. The van der Waals surface area contributed by atoms with Crippen molar-refractivity contribution in [2.75, 3.05) is 38.0 Å². The first kappa shape index (κ1) is 22.2. The van der Waals surface area contributed by atoms with Crippen LogP contribution in [0, 0.1) is 16.7 Å². The van der Waals surface area contributed by atoms with Crippen LogP contribution in [0.4, 0.5) is 11.5 Å². The van der Waals surface area contributed by atoms with E-state index in [2.05, 4.69) is 59.9 Å². The minimum Gasteiger partial charge on any atom is -0.339 e. The van der Waals surface area contributed by atoms with Crippen LogP contribution in [-0.4, -0.2) is 52.5 Å². The lowest BCUT2D eigenvalue weighted by Gasteiger charge is -2.37. The molecule has 0 bridgehead atoms. The molecule has 3 heterocycles. The molecule has 0 saturated carbocycles. The van der Waals surface area contributed by atoms with E-state index in [1.165, 1.54) is 6.42 Å². The normalized spacial score (nSPS) is 17.3. The predicted octanol–water partition coefficient (Wildman–Crippen LogP) is 4.60. The minimum absolute atomic E-state index is 0.235. The van der Waals surface area contributed by atoms with Crippen LogP contribution in [0.15, 0.2) is 36.5 Å². The molecule has 160 valence electrons. The molecule has 3 rings (SSSR count). The number of nitriles is 1. The first-order chi connectivity index (χ1) is 14.4. The van der Waals surface area contributed by atoms with E-state index in [-0.39, 0.29) is 5.41 Å². The molecule has 30 heavy (non-hydrogen) atoms. The summed E-state index contributed by atoms with van der Waals surface area (Å²) < 4.78 is 0. The predicted molar refractivity (Wildman–Crippen MR) is 122 cm³/mol. The van der Waals surface area contributed by atoms with E-state index in [4.69, 9.17) is 10.2 Å². The molecule has 1 aliphatic heterocycles. The highest BCUT2D eigenvalue weighted by Gasteiger charge is 2.32. The smallest absolute Gasteiger partial charge is 0.140 e. The summed E-state index contributed by atoms with van der Waals surface area (Å²) in [6.07, 6.45) is 4.03. The van der Waals surface area contributed by atoms with E-state index in [1.54, 1.807) is 12.3 Å². The lowest BCUT2D eigenvalue weighted by Crippen LogP contribution is -2.42. The van der Waals surface area contributed by atoms with Crippen molar-refractivity contribution < 1.29 is 0 Å². The summed E-state index contributed by atoms with van der Waals surface area (Å²) in [6.45, 7) is 14.8. The highest BCUT2D eigenvalue weighted by Crippen LogP contribution is 2.34. The molecule has 1 aliphatic rings. The van der Waals surface area contributed by atoms with Crippen LogP contribution in [0.25, 0.3) is 0 Å². The second-order valence-corrected chi connectivity index (χ2v) is 8.87. The second kappa shape index (κ2) is 10.0. The van der Waals surface area contributed by atoms with Crippen LogP contribution in [0.5, 0.6) is 0 Å². The van der Waals surface area contributed by atoms with Crippen molar-refractivity contribution in [1.29, 1.82) is 5.26 Å². The molecule has 0 aromatic carbocycles. The van der Waals surface area contributed by atoms with E-state index in [1.807, 2.05) is 18.2 Å². The maximum absolute atomic E-state index is 8.91. The van der Waals surface area contributed by atoms with E-state index in [0.717, 1.165) is 56.3 Å². The van der Waals surface area contributed by atoms with Crippen molar-refractivity contribution in [3.63, 3.8) is 0 Å². The molecular weight excluding hydrogens is 372 g/mol. The second-order valence-electron chi connectivity index (χ2n) is 8.87. The Hall–Kier alpha value is -2.49. The van der Waals surface area contributed by atoms with Crippen LogP contribution in [0.2, 0.25) is 0 Å². The molecular formula is C24H34N6. The Morgan fingerprint density at radius 1 is 1.23 bits per heavy atom. The third kappa shape index (κ3) is 5.78. The summed E-state index contributed by atoms with van der Waals surface area (Å²) in [4.78, 5) is 14.2. The monoisotopic (exact) mass is 406 g/mol.